The Bertz CT molecular complexity index is 582. The highest BCUT2D eigenvalue weighted by Crippen LogP contribution is 2.55. The van der Waals surface area contributed by atoms with E-state index in [4.69, 9.17) is 9.05 Å². The Labute approximate surface area is 138 Å². The number of benzene rings is 1. The van der Waals surface area contributed by atoms with Gasteiger partial charge < -0.3 is 14.4 Å². The van der Waals surface area contributed by atoms with Crippen molar-refractivity contribution in [1.82, 2.24) is 0 Å². The second kappa shape index (κ2) is 8.58. The van der Waals surface area contributed by atoms with Crippen LogP contribution in [0.3, 0.4) is 0 Å². The molecule has 1 unspecified atom stereocenters. The predicted molar refractivity (Wildman–Crippen MR) is 88.6 cm³/mol. The van der Waals surface area contributed by atoms with Gasteiger partial charge in [-0.25, -0.2) is 0 Å². The number of Topliss-reactive ketones (excluding diaryl/α,β-unsaturated/α-hetero) is 1. The molecule has 0 saturated carbocycles. The predicted octanol–water partition coefficient (Wildman–Crippen LogP) is 3.81. The van der Waals surface area contributed by atoms with E-state index in [-0.39, 0.29) is 19.0 Å². The van der Waals surface area contributed by atoms with Crippen LogP contribution < -0.4 is 5.32 Å². The standard InChI is InChI=1S/C14H19BrNO5P/c1-4-20-22(19,21-5-2)13(15)14(18)16-12-9-7-6-8-11(12)10(3)17/h6-9,13H,4-5H2,1-3H3,(H,16,18). The SMILES string of the molecule is CCOP(=O)(OCC)C(Br)C(=O)Nc1ccccc1C(C)=O. The summed E-state index contributed by atoms with van der Waals surface area (Å²) in [5, 5.41) is 2.58. The number of ketones is 1. The minimum atomic E-state index is -3.62. The number of anilines is 1. The highest BCUT2D eigenvalue weighted by molar-refractivity contribution is 9.11. The van der Waals surface area contributed by atoms with Crippen molar-refractivity contribution < 1.29 is 23.2 Å². The third-order valence-corrected chi connectivity index (χ3v) is 6.62. The van der Waals surface area contributed by atoms with E-state index in [1.807, 2.05) is 0 Å². The molecule has 0 heterocycles. The fourth-order valence-corrected chi connectivity index (χ4v) is 3.99. The maximum absolute atomic E-state index is 12.5. The summed E-state index contributed by atoms with van der Waals surface area (Å²) in [7, 11) is -3.62. The molecule has 22 heavy (non-hydrogen) atoms. The van der Waals surface area contributed by atoms with Crippen molar-refractivity contribution in [3.05, 3.63) is 29.8 Å². The number of hydrogen-bond acceptors (Lipinski definition) is 5. The van der Waals surface area contributed by atoms with E-state index in [1.54, 1.807) is 38.1 Å². The molecule has 122 valence electrons. The molecule has 1 amide bonds. The second-order valence-electron chi connectivity index (χ2n) is 4.30. The van der Waals surface area contributed by atoms with E-state index in [0.29, 0.717) is 11.3 Å². The number of carbonyl (C=O) groups is 2. The average molecular weight is 392 g/mol. The zero-order valence-electron chi connectivity index (χ0n) is 12.7. The first-order valence-corrected chi connectivity index (χ1v) is 9.32. The maximum atomic E-state index is 12.5. The van der Waals surface area contributed by atoms with E-state index < -0.39 is 18.1 Å². The van der Waals surface area contributed by atoms with E-state index in [1.165, 1.54) is 6.92 Å². The van der Waals surface area contributed by atoms with Crippen LogP contribution in [-0.2, 0) is 18.4 Å². The van der Waals surface area contributed by atoms with Crippen LogP contribution in [-0.4, -0.2) is 29.5 Å². The molecule has 6 nitrogen and oxygen atoms in total. The number of rotatable bonds is 8. The van der Waals surface area contributed by atoms with E-state index in [9.17, 15) is 14.2 Å². The molecule has 0 fully saturated rings. The molecule has 0 aromatic heterocycles. The molecule has 8 heteroatoms. The Morgan fingerprint density at radius 3 is 2.27 bits per heavy atom. The van der Waals surface area contributed by atoms with Crippen LogP contribution in [0.15, 0.2) is 24.3 Å². The maximum Gasteiger partial charge on any atom is 0.353 e. The Balaban J connectivity index is 2.97. The molecule has 0 radical (unpaired) electrons. The van der Waals surface area contributed by atoms with Gasteiger partial charge in [0.25, 0.3) is 5.91 Å². The molecule has 0 aliphatic rings. The summed E-state index contributed by atoms with van der Waals surface area (Å²) in [5.74, 6) is -0.779. The summed E-state index contributed by atoms with van der Waals surface area (Å²) < 4.78 is 21.6. The largest absolute Gasteiger partial charge is 0.353 e. The number of alkyl halides is 1. The topological polar surface area (TPSA) is 81.7 Å². The first-order chi connectivity index (χ1) is 10.4. The monoisotopic (exact) mass is 391 g/mol. The smallest absolute Gasteiger partial charge is 0.324 e. The van der Waals surface area contributed by atoms with Crippen LogP contribution >= 0.6 is 23.5 Å². The Morgan fingerprint density at radius 1 is 1.23 bits per heavy atom. The molecule has 0 saturated heterocycles. The molecule has 1 rings (SSSR count). The first kappa shape index (κ1) is 19.0. The van der Waals surface area contributed by atoms with Crippen molar-refractivity contribution in [3.8, 4) is 0 Å². The summed E-state index contributed by atoms with van der Waals surface area (Å²) in [4.78, 5) is 23.8. The van der Waals surface area contributed by atoms with Gasteiger partial charge in [-0.15, -0.1) is 0 Å². The molecule has 1 atom stereocenters. The normalized spacial score (nSPS) is 12.7. The van der Waals surface area contributed by atoms with Crippen LogP contribution in [0.2, 0.25) is 0 Å². The average Bonchev–Trinajstić information content (AvgIpc) is 2.47. The summed E-state index contributed by atoms with van der Waals surface area (Å²) in [6, 6.07) is 6.59. The number of para-hydroxylation sites is 1. The van der Waals surface area contributed by atoms with Crippen LogP contribution in [0.5, 0.6) is 0 Å². The van der Waals surface area contributed by atoms with E-state index in [0.717, 1.165) is 0 Å². The van der Waals surface area contributed by atoms with Gasteiger partial charge in [0.05, 0.1) is 18.9 Å². The van der Waals surface area contributed by atoms with Crippen molar-refractivity contribution in [1.29, 1.82) is 0 Å². The Hall–Kier alpha value is -1.01. The van der Waals surface area contributed by atoms with E-state index >= 15 is 0 Å². The summed E-state index contributed by atoms with van der Waals surface area (Å²) in [5.41, 5.74) is 0.724. The Morgan fingerprint density at radius 2 is 1.77 bits per heavy atom. The third kappa shape index (κ3) is 4.74. The zero-order chi connectivity index (χ0) is 16.8. The quantitative estimate of drug-likeness (QED) is 0.413. The van der Waals surface area contributed by atoms with E-state index in [2.05, 4.69) is 21.2 Å². The van der Waals surface area contributed by atoms with Crippen LogP contribution in [0, 0.1) is 0 Å². The summed E-state index contributed by atoms with van der Waals surface area (Å²) >= 11 is 3.08. The lowest BCUT2D eigenvalue weighted by Gasteiger charge is -2.21. The Kier molecular flexibility index (Phi) is 7.42. The third-order valence-electron chi connectivity index (χ3n) is 2.68. The molecule has 0 bridgehead atoms. The lowest BCUT2D eigenvalue weighted by molar-refractivity contribution is -0.114. The van der Waals surface area contributed by atoms with Gasteiger partial charge >= 0.3 is 7.60 Å². The summed E-state index contributed by atoms with van der Waals surface area (Å²) in [6.45, 7) is 5.03. The van der Waals surface area contributed by atoms with Gasteiger partial charge in [-0.1, -0.05) is 28.1 Å². The number of hydrogen-bond donors (Lipinski definition) is 1. The van der Waals surface area contributed by atoms with Crippen LogP contribution in [0.25, 0.3) is 0 Å². The number of amides is 1. The van der Waals surface area contributed by atoms with Crippen LogP contribution in [0.4, 0.5) is 5.69 Å². The molecular weight excluding hydrogens is 373 g/mol. The number of carbonyl (C=O) groups excluding carboxylic acids is 2. The minimum absolute atomic E-state index is 0.149. The number of halogens is 1. The lowest BCUT2D eigenvalue weighted by Crippen LogP contribution is -2.25. The highest BCUT2D eigenvalue weighted by atomic mass is 79.9. The van der Waals surface area contributed by atoms with Crippen molar-refractivity contribution in [2.75, 3.05) is 18.5 Å². The lowest BCUT2D eigenvalue weighted by atomic mass is 10.1. The zero-order valence-corrected chi connectivity index (χ0v) is 15.1. The first-order valence-electron chi connectivity index (χ1n) is 6.79. The van der Waals surface area contributed by atoms with Crippen molar-refractivity contribution in [2.45, 2.75) is 25.3 Å². The molecule has 1 N–H and O–H groups in total. The van der Waals surface area contributed by atoms with Crippen molar-refractivity contribution in [2.24, 2.45) is 0 Å². The molecule has 0 aliphatic carbocycles. The highest BCUT2D eigenvalue weighted by Gasteiger charge is 2.39. The molecular formula is C14H19BrNO5P. The summed E-state index contributed by atoms with van der Waals surface area (Å²) in [6.07, 6.45) is 0. The number of nitrogens with one attached hydrogen (secondary N) is 1. The van der Waals surface area contributed by atoms with Gasteiger partial charge in [0.15, 0.2) is 10.4 Å². The van der Waals surface area contributed by atoms with Gasteiger partial charge in [0.2, 0.25) is 0 Å². The molecule has 0 aliphatic heterocycles. The fraction of sp³-hybridized carbons (Fsp3) is 0.429. The fourth-order valence-electron chi connectivity index (χ4n) is 1.76. The molecule has 1 aromatic carbocycles. The minimum Gasteiger partial charge on any atom is -0.324 e. The molecule has 1 aromatic rings. The second-order valence-corrected chi connectivity index (χ2v) is 8.04. The molecule has 0 spiro atoms. The van der Waals surface area contributed by atoms with Gasteiger partial charge in [0, 0.05) is 5.56 Å². The van der Waals surface area contributed by atoms with Crippen molar-refractivity contribution in [3.63, 3.8) is 0 Å². The van der Waals surface area contributed by atoms with Gasteiger partial charge in [-0.05, 0) is 32.9 Å². The van der Waals surface area contributed by atoms with Gasteiger partial charge in [-0.3, -0.25) is 14.2 Å². The van der Waals surface area contributed by atoms with Crippen LogP contribution in [0.1, 0.15) is 31.1 Å². The van der Waals surface area contributed by atoms with Gasteiger partial charge in [-0.2, -0.15) is 0 Å². The van der Waals surface area contributed by atoms with Gasteiger partial charge in [0.1, 0.15) is 0 Å². The van der Waals surface area contributed by atoms with Crippen molar-refractivity contribution >= 4 is 40.9 Å².